The van der Waals surface area contributed by atoms with Crippen LogP contribution in [0.15, 0.2) is 95.0 Å². The second kappa shape index (κ2) is 7.56. The minimum atomic E-state index is -0.375. The molecule has 0 saturated heterocycles. The van der Waals surface area contributed by atoms with Crippen LogP contribution >= 0.6 is 11.8 Å². The lowest BCUT2D eigenvalue weighted by Gasteiger charge is -2.34. The molecular formula is C23H18N4OS. The van der Waals surface area contributed by atoms with Crippen molar-refractivity contribution in [3.63, 3.8) is 0 Å². The van der Waals surface area contributed by atoms with Crippen LogP contribution in [0, 0.1) is 0 Å². The van der Waals surface area contributed by atoms with Crippen molar-refractivity contribution in [3.05, 3.63) is 107 Å². The summed E-state index contributed by atoms with van der Waals surface area (Å²) in [7, 11) is 0. The first-order valence-electron chi connectivity index (χ1n) is 9.38. The molecule has 0 unspecified atom stereocenters. The summed E-state index contributed by atoms with van der Waals surface area (Å²) >= 11 is 1.51. The number of benzene rings is 3. The highest BCUT2D eigenvalue weighted by Gasteiger charge is 2.34. The molecule has 0 radical (unpaired) electrons. The lowest BCUT2D eigenvalue weighted by Crippen LogP contribution is -2.50. The second-order valence-electron chi connectivity index (χ2n) is 6.76. The largest absolute Gasteiger partial charge is 0.298 e. The first kappa shape index (κ1) is 17.7. The lowest BCUT2D eigenvalue weighted by atomic mass is 10.1. The average molecular weight is 398 g/mol. The van der Waals surface area contributed by atoms with Crippen LogP contribution in [0.5, 0.6) is 0 Å². The minimum Gasteiger partial charge on any atom is -0.298 e. The quantitative estimate of drug-likeness (QED) is 0.738. The monoisotopic (exact) mass is 398 g/mol. The summed E-state index contributed by atoms with van der Waals surface area (Å²) in [6.45, 7) is 0. The predicted molar refractivity (Wildman–Crippen MR) is 115 cm³/mol. The molecule has 6 heteroatoms. The SMILES string of the molecule is O=C1NC(SCc2ccccc2)=NN2C1=c1ccccc1=N[C@H]2c1ccccc1. The molecule has 1 atom stereocenters. The van der Waals surface area contributed by atoms with Crippen molar-refractivity contribution in [1.82, 2.24) is 10.3 Å². The standard InChI is InChI=1S/C23H18N4OS/c28-22-20-18-13-7-8-14-19(18)24-21(17-11-5-2-6-12-17)27(20)26-23(25-22)29-15-16-9-3-1-4-10-16/h1-14,21H,15H2,(H,25,26,28)/t21-/m1/s1. The number of nitrogens with one attached hydrogen (secondary N) is 1. The van der Waals surface area contributed by atoms with Crippen LogP contribution in [0.3, 0.4) is 0 Å². The van der Waals surface area contributed by atoms with Crippen molar-refractivity contribution < 1.29 is 4.79 Å². The van der Waals surface area contributed by atoms with Gasteiger partial charge in [0.05, 0.1) is 5.36 Å². The van der Waals surface area contributed by atoms with Crippen molar-refractivity contribution in [3.8, 4) is 0 Å². The molecule has 142 valence electrons. The number of hydrogen-bond acceptors (Lipinski definition) is 5. The number of nitrogens with zero attached hydrogens (tertiary/aromatic N) is 3. The fourth-order valence-electron chi connectivity index (χ4n) is 3.46. The van der Waals surface area contributed by atoms with Gasteiger partial charge in [-0.2, -0.15) is 0 Å². The fourth-order valence-corrected chi connectivity index (χ4v) is 4.27. The van der Waals surface area contributed by atoms with E-state index in [0.29, 0.717) is 10.9 Å². The van der Waals surface area contributed by atoms with Crippen LogP contribution in [-0.2, 0) is 10.5 Å². The highest BCUT2D eigenvalue weighted by Crippen LogP contribution is 2.30. The topological polar surface area (TPSA) is 57.1 Å². The Hall–Kier alpha value is -3.38. The fraction of sp³-hybridized carbons (Fsp3) is 0.0870. The Kier molecular flexibility index (Phi) is 4.62. The molecule has 29 heavy (non-hydrogen) atoms. The smallest absolute Gasteiger partial charge is 0.276 e. The summed E-state index contributed by atoms with van der Waals surface area (Å²) in [6.07, 6.45) is -0.375. The molecule has 2 aliphatic rings. The molecule has 1 N–H and O–H groups in total. The zero-order chi connectivity index (χ0) is 19.6. The summed E-state index contributed by atoms with van der Waals surface area (Å²) in [5, 5.41) is 11.7. The Balaban J connectivity index is 1.57. The Labute approximate surface area is 172 Å². The van der Waals surface area contributed by atoms with Gasteiger partial charge in [-0.05, 0) is 17.2 Å². The van der Waals surface area contributed by atoms with E-state index in [1.807, 2.05) is 72.8 Å². The van der Waals surface area contributed by atoms with E-state index in [1.165, 1.54) is 17.3 Å². The van der Waals surface area contributed by atoms with E-state index in [4.69, 9.17) is 10.1 Å². The maximum Gasteiger partial charge on any atom is 0.276 e. The number of fused-ring (bicyclic) bond motifs is 2. The van der Waals surface area contributed by atoms with Crippen LogP contribution in [0.4, 0.5) is 0 Å². The van der Waals surface area contributed by atoms with Gasteiger partial charge >= 0.3 is 0 Å². The molecule has 0 aromatic heterocycles. The average Bonchev–Trinajstić information content (AvgIpc) is 2.78. The number of hydrazone groups is 1. The van der Waals surface area contributed by atoms with E-state index in [9.17, 15) is 4.79 Å². The van der Waals surface area contributed by atoms with Crippen molar-refractivity contribution in [2.75, 3.05) is 0 Å². The maximum atomic E-state index is 13.1. The number of para-hydroxylation sites is 1. The van der Waals surface area contributed by atoms with Crippen LogP contribution in [-0.4, -0.2) is 16.1 Å². The molecule has 2 aliphatic heterocycles. The van der Waals surface area contributed by atoms with Gasteiger partial charge in [0.25, 0.3) is 5.91 Å². The van der Waals surface area contributed by atoms with Gasteiger partial charge in [-0.25, -0.2) is 5.01 Å². The van der Waals surface area contributed by atoms with E-state index in [1.54, 1.807) is 5.01 Å². The van der Waals surface area contributed by atoms with Gasteiger partial charge in [0, 0.05) is 11.0 Å². The Morgan fingerprint density at radius 1 is 0.897 bits per heavy atom. The van der Waals surface area contributed by atoms with E-state index in [0.717, 1.165) is 21.9 Å². The molecule has 5 rings (SSSR count). The zero-order valence-electron chi connectivity index (χ0n) is 15.5. The molecule has 3 aromatic carbocycles. The van der Waals surface area contributed by atoms with Crippen molar-refractivity contribution >= 4 is 28.5 Å². The first-order valence-corrected chi connectivity index (χ1v) is 10.4. The van der Waals surface area contributed by atoms with Gasteiger partial charge in [-0.3, -0.25) is 15.1 Å². The molecule has 5 nitrogen and oxygen atoms in total. The number of carbonyl (C=O) groups is 1. The van der Waals surface area contributed by atoms with Gasteiger partial charge in [-0.1, -0.05) is 90.6 Å². The number of amidine groups is 1. The number of thioether (sulfide) groups is 1. The van der Waals surface area contributed by atoms with Gasteiger partial charge in [0.2, 0.25) is 0 Å². The number of carbonyl (C=O) groups excluding carboxylic acids is 1. The predicted octanol–water partition coefficient (Wildman–Crippen LogP) is 2.76. The molecule has 0 aliphatic carbocycles. The van der Waals surface area contributed by atoms with Gasteiger partial charge in [0.1, 0.15) is 5.70 Å². The number of hydrogen-bond donors (Lipinski definition) is 1. The van der Waals surface area contributed by atoms with Gasteiger partial charge in [-0.15, -0.1) is 5.10 Å². The van der Waals surface area contributed by atoms with E-state index < -0.39 is 0 Å². The van der Waals surface area contributed by atoms with Crippen LogP contribution in [0.2, 0.25) is 0 Å². The van der Waals surface area contributed by atoms with E-state index in [2.05, 4.69) is 17.4 Å². The molecule has 0 spiro atoms. The summed E-state index contributed by atoms with van der Waals surface area (Å²) < 4.78 is 0. The molecular weight excluding hydrogens is 380 g/mol. The highest BCUT2D eigenvalue weighted by molar-refractivity contribution is 8.13. The molecule has 1 amide bonds. The Bertz CT molecular complexity index is 1210. The lowest BCUT2D eigenvalue weighted by molar-refractivity contribution is -0.116. The molecule has 0 saturated carbocycles. The molecule has 0 fully saturated rings. The molecule has 2 heterocycles. The van der Waals surface area contributed by atoms with Gasteiger partial charge < -0.3 is 0 Å². The molecule has 3 aromatic rings. The van der Waals surface area contributed by atoms with Gasteiger partial charge in [0.15, 0.2) is 11.3 Å². The third-order valence-corrected chi connectivity index (χ3v) is 5.77. The summed E-state index contributed by atoms with van der Waals surface area (Å²) in [6, 6.07) is 27.8. The first-order chi connectivity index (χ1) is 14.3. The Morgan fingerprint density at radius 2 is 1.59 bits per heavy atom. The number of rotatable bonds is 3. The van der Waals surface area contributed by atoms with Crippen LogP contribution in [0.1, 0.15) is 17.3 Å². The zero-order valence-corrected chi connectivity index (χ0v) is 16.3. The van der Waals surface area contributed by atoms with Crippen molar-refractivity contribution in [2.45, 2.75) is 11.9 Å². The normalized spacial score (nSPS) is 17.6. The van der Waals surface area contributed by atoms with Crippen LogP contribution in [0.25, 0.3) is 5.70 Å². The summed E-state index contributed by atoms with van der Waals surface area (Å²) in [5.74, 6) is 0.575. The summed E-state index contributed by atoms with van der Waals surface area (Å²) in [5.41, 5.74) is 2.70. The Morgan fingerprint density at radius 3 is 2.38 bits per heavy atom. The maximum absolute atomic E-state index is 13.1. The van der Waals surface area contributed by atoms with E-state index in [-0.39, 0.29) is 12.1 Å². The highest BCUT2D eigenvalue weighted by atomic mass is 32.2. The minimum absolute atomic E-state index is 0.154. The van der Waals surface area contributed by atoms with Crippen molar-refractivity contribution in [1.29, 1.82) is 0 Å². The third kappa shape index (κ3) is 3.43. The van der Waals surface area contributed by atoms with Crippen LogP contribution < -0.4 is 15.9 Å². The van der Waals surface area contributed by atoms with Crippen molar-refractivity contribution in [2.24, 2.45) is 10.1 Å². The third-order valence-electron chi connectivity index (χ3n) is 4.83. The van der Waals surface area contributed by atoms with E-state index >= 15 is 0 Å². The second-order valence-corrected chi connectivity index (χ2v) is 7.72. The number of amides is 1. The summed E-state index contributed by atoms with van der Waals surface area (Å²) in [4.78, 5) is 18.0. The molecule has 0 bridgehead atoms.